The van der Waals surface area contributed by atoms with Crippen molar-refractivity contribution in [1.29, 1.82) is 0 Å². The van der Waals surface area contributed by atoms with Crippen LogP contribution in [-0.2, 0) is 16.8 Å². The van der Waals surface area contributed by atoms with Gasteiger partial charge in [0.05, 0.1) is 11.9 Å². The number of pyridine rings is 2. The Balaban J connectivity index is 1.59. The standard InChI is InChI=1S/C26H22ClF3N4O3S/c1-12-10-31-23(14-6-5-7-19(21(14)28)38(4,36)37)22(29)24(12)34-13(2)8-17(20(27)26(34)35)15-9-16(15)18-11-32-33(3)25(18)30/h5-8,10-11,15-16H,9H2,1-4H3/t15-,16-/m0/s1/i3D3. The molecule has 0 aliphatic heterocycles. The van der Waals surface area contributed by atoms with E-state index in [1.54, 1.807) is 6.07 Å². The van der Waals surface area contributed by atoms with E-state index in [0.29, 0.717) is 16.7 Å². The SMILES string of the molecule is [2H]C([2H])([2H])n1ncc([C@H]2C[C@@H]2c2cc(C)n(-c3c(C)cnc(-c4cccc(S(C)(=O)=O)c4F)c3F)c(=O)c2Cl)c1F. The molecule has 0 radical (unpaired) electrons. The van der Waals surface area contributed by atoms with Crippen molar-refractivity contribution in [3.8, 4) is 16.9 Å². The Morgan fingerprint density at radius 1 is 1.11 bits per heavy atom. The van der Waals surface area contributed by atoms with E-state index in [1.807, 2.05) is 0 Å². The normalized spacial score (nSPS) is 18.7. The van der Waals surface area contributed by atoms with Crippen LogP contribution in [0.5, 0.6) is 0 Å². The zero-order chi connectivity index (χ0) is 30.2. The third-order valence-corrected chi connectivity index (χ3v) is 8.20. The highest BCUT2D eigenvalue weighted by molar-refractivity contribution is 7.90. The molecule has 38 heavy (non-hydrogen) atoms. The Labute approximate surface area is 225 Å². The largest absolute Gasteiger partial charge is 0.277 e. The first-order valence-electron chi connectivity index (χ1n) is 12.8. The van der Waals surface area contributed by atoms with Gasteiger partial charge < -0.3 is 0 Å². The lowest BCUT2D eigenvalue weighted by molar-refractivity contribution is 0.495. The fraction of sp³-hybridized carbons (Fsp3) is 0.269. The summed E-state index contributed by atoms with van der Waals surface area (Å²) in [6.07, 6.45) is 3.58. The monoisotopic (exact) mass is 565 g/mol. The minimum absolute atomic E-state index is 0.0861. The van der Waals surface area contributed by atoms with Crippen LogP contribution in [-0.4, -0.2) is 34.0 Å². The fourth-order valence-electron chi connectivity index (χ4n) is 4.77. The first kappa shape index (κ1) is 22.5. The number of aromatic nitrogens is 4. The second-order valence-electron chi connectivity index (χ2n) is 9.29. The second-order valence-corrected chi connectivity index (χ2v) is 11.7. The second kappa shape index (κ2) is 9.09. The highest BCUT2D eigenvalue weighted by atomic mass is 35.5. The minimum atomic E-state index is -3.96. The molecule has 0 spiro atoms. The highest BCUT2D eigenvalue weighted by Gasteiger charge is 2.44. The molecule has 198 valence electrons. The van der Waals surface area contributed by atoms with Crippen LogP contribution in [0.15, 0.2) is 46.3 Å². The van der Waals surface area contributed by atoms with Crippen molar-refractivity contribution in [3.63, 3.8) is 0 Å². The highest BCUT2D eigenvalue weighted by Crippen LogP contribution is 2.56. The number of nitrogens with zero attached hydrogens (tertiary/aromatic N) is 4. The summed E-state index contributed by atoms with van der Waals surface area (Å²) in [5, 5.41) is 3.40. The summed E-state index contributed by atoms with van der Waals surface area (Å²) in [6, 6.07) is 5.06. The molecule has 1 aliphatic carbocycles. The summed E-state index contributed by atoms with van der Waals surface area (Å²) in [5.74, 6) is -4.10. The van der Waals surface area contributed by atoms with Crippen molar-refractivity contribution < 1.29 is 25.7 Å². The van der Waals surface area contributed by atoms with E-state index >= 15 is 8.78 Å². The van der Waals surface area contributed by atoms with Crippen molar-refractivity contribution in [2.24, 2.45) is 6.98 Å². The maximum atomic E-state index is 16.0. The minimum Gasteiger partial charge on any atom is -0.277 e. The summed E-state index contributed by atoms with van der Waals surface area (Å²) in [4.78, 5) is 16.9. The van der Waals surface area contributed by atoms with Crippen LogP contribution in [0.1, 0.15) is 44.8 Å². The van der Waals surface area contributed by atoms with Gasteiger partial charge in [-0.3, -0.25) is 14.3 Å². The van der Waals surface area contributed by atoms with E-state index in [2.05, 4.69) is 10.1 Å². The van der Waals surface area contributed by atoms with Crippen LogP contribution >= 0.6 is 11.6 Å². The molecule has 0 N–H and O–H groups in total. The quantitative estimate of drug-likeness (QED) is 0.340. The van der Waals surface area contributed by atoms with E-state index in [4.69, 9.17) is 15.7 Å². The molecule has 1 aliphatic rings. The Kier molecular flexibility index (Phi) is 5.39. The number of hydrogen-bond acceptors (Lipinski definition) is 5. The molecule has 0 saturated heterocycles. The lowest BCUT2D eigenvalue weighted by Crippen LogP contribution is -2.24. The molecular weight excluding hydrogens is 541 g/mol. The summed E-state index contributed by atoms with van der Waals surface area (Å²) >= 11 is 6.48. The van der Waals surface area contributed by atoms with Crippen molar-refractivity contribution >= 4 is 21.4 Å². The first-order valence-corrected chi connectivity index (χ1v) is 13.6. The smallest absolute Gasteiger partial charge is 0.274 e. The lowest BCUT2D eigenvalue weighted by atomic mass is 10.0. The predicted molar refractivity (Wildman–Crippen MR) is 136 cm³/mol. The zero-order valence-corrected chi connectivity index (χ0v) is 21.8. The number of benzene rings is 1. The van der Waals surface area contributed by atoms with Crippen LogP contribution in [0.3, 0.4) is 0 Å². The Hall–Kier alpha value is -3.44. The fourth-order valence-corrected chi connectivity index (χ4v) is 5.81. The molecule has 3 aromatic heterocycles. The van der Waals surface area contributed by atoms with Gasteiger partial charge >= 0.3 is 0 Å². The summed E-state index contributed by atoms with van der Waals surface area (Å²) in [6.45, 7) is 0.242. The maximum absolute atomic E-state index is 16.0. The Morgan fingerprint density at radius 3 is 2.47 bits per heavy atom. The molecule has 5 rings (SSSR count). The van der Waals surface area contributed by atoms with Crippen LogP contribution < -0.4 is 5.56 Å². The molecule has 0 amide bonds. The van der Waals surface area contributed by atoms with Gasteiger partial charge in [0, 0.05) is 40.4 Å². The zero-order valence-electron chi connectivity index (χ0n) is 23.3. The van der Waals surface area contributed by atoms with Crippen molar-refractivity contribution in [2.75, 3.05) is 6.26 Å². The van der Waals surface area contributed by atoms with Crippen LogP contribution in [0.25, 0.3) is 16.9 Å². The Morgan fingerprint density at radius 2 is 1.82 bits per heavy atom. The van der Waals surface area contributed by atoms with Crippen molar-refractivity contribution in [1.82, 2.24) is 19.3 Å². The number of rotatable bonds is 5. The molecule has 1 saturated carbocycles. The van der Waals surface area contributed by atoms with Crippen LogP contribution in [0.4, 0.5) is 13.2 Å². The van der Waals surface area contributed by atoms with Crippen molar-refractivity contribution in [2.45, 2.75) is 37.0 Å². The van der Waals surface area contributed by atoms with E-state index < -0.39 is 67.9 Å². The van der Waals surface area contributed by atoms with E-state index in [-0.39, 0.29) is 27.5 Å². The lowest BCUT2D eigenvalue weighted by Gasteiger charge is -2.18. The van der Waals surface area contributed by atoms with Crippen LogP contribution in [0.2, 0.25) is 5.02 Å². The van der Waals surface area contributed by atoms with Gasteiger partial charge in [-0.15, -0.1) is 0 Å². The van der Waals surface area contributed by atoms with Gasteiger partial charge in [-0.25, -0.2) is 21.9 Å². The van der Waals surface area contributed by atoms with Gasteiger partial charge in [0.1, 0.15) is 15.6 Å². The molecule has 1 fully saturated rings. The molecule has 1 aromatic carbocycles. The molecule has 12 heteroatoms. The third-order valence-electron chi connectivity index (χ3n) is 6.71. The summed E-state index contributed by atoms with van der Waals surface area (Å²) < 4.78 is 93.5. The predicted octanol–water partition coefficient (Wildman–Crippen LogP) is 5.00. The number of sulfone groups is 1. The number of halogens is 4. The molecule has 0 bridgehead atoms. The first-order chi connectivity index (χ1) is 19.0. The summed E-state index contributed by atoms with van der Waals surface area (Å²) in [5.41, 5.74) is -0.960. The van der Waals surface area contributed by atoms with Crippen molar-refractivity contribution in [3.05, 3.63) is 92.0 Å². The number of hydrogen-bond donors (Lipinski definition) is 0. The average molecular weight is 566 g/mol. The third kappa shape index (κ3) is 4.14. The molecule has 7 nitrogen and oxygen atoms in total. The van der Waals surface area contributed by atoms with E-state index in [9.17, 15) is 17.6 Å². The van der Waals surface area contributed by atoms with E-state index in [1.165, 1.54) is 32.2 Å². The molecule has 4 aromatic rings. The van der Waals surface area contributed by atoms with Gasteiger partial charge in [-0.05, 0) is 61.4 Å². The van der Waals surface area contributed by atoms with Gasteiger partial charge in [-0.1, -0.05) is 17.7 Å². The van der Waals surface area contributed by atoms with Gasteiger partial charge in [0.2, 0.25) is 5.95 Å². The average Bonchev–Trinajstić information content (AvgIpc) is 3.55. The van der Waals surface area contributed by atoms with Gasteiger partial charge in [0.25, 0.3) is 5.56 Å². The van der Waals surface area contributed by atoms with Gasteiger partial charge in [-0.2, -0.15) is 9.49 Å². The van der Waals surface area contributed by atoms with Gasteiger partial charge in [0.15, 0.2) is 21.5 Å². The molecular formula is C26H22ClF3N4O3S. The number of aryl methyl sites for hydroxylation is 3. The molecule has 2 atom stereocenters. The topological polar surface area (TPSA) is 86.8 Å². The maximum Gasteiger partial charge on any atom is 0.274 e. The van der Waals surface area contributed by atoms with Crippen LogP contribution in [0, 0.1) is 31.4 Å². The molecule has 0 unspecified atom stereocenters. The summed E-state index contributed by atoms with van der Waals surface area (Å²) in [7, 11) is -3.96. The Bertz CT molecular complexity index is 1910. The van der Waals surface area contributed by atoms with E-state index in [0.717, 1.165) is 23.1 Å². The molecule has 3 heterocycles.